The predicted octanol–water partition coefficient (Wildman–Crippen LogP) is 2.19. The van der Waals surface area contributed by atoms with Crippen LogP contribution in [0.2, 0.25) is 0 Å². The summed E-state index contributed by atoms with van der Waals surface area (Å²) in [6.07, 6.45) is 1.52. The molecule has 3 rings (SSSR count). The molecule has 0 atom stereocenters. The number of anilines is 1. The lowest BCUT2D eigenvalue weighted by molar-refractivity contribution is 0.0746. The fourth-order valence-corrected chi connectivity index (χ4v) is 2.67. The van der Waals surface area contributed by atoms with Gasteiger partial charge in [0.05, 0.1) is 18.4 Å². The average Bonchev–Trinajstić information content (AvgIpc) is 2.62. The number of carbonyl (C=O) groups is 1. The van der Waals surface area contributed by atoms with Crippen LogP contribution in [0.15, 0.2) is 42.6 Å². The molecule has 1 aliphatic heterocycles. The first-order valence-corrected chi connectivity index (χ1v) is 7.48. The van der Waals surface area contributed by atoms with Crippen LogP contribution in [0.4, 0.5) is 10.1 Å². The summed E-state index contributed by atoms with van der Waals surface area (Å²) in [5, 5.41) is 0. The molecule has 5 nitrogen and oxygen atoms in total. The van der Waals surface area contributed by atoms with Crippen molar-refractivity contribution in [3.8, 4) is 5.88 Å². The number of hydrogen-bond acceptors (Lipinski definition) is 4. The molecule has 0 radical (unpaired) electrons. The van der Waals surface area contributed by atoms with Gasteiger partial charge >= 0.3 is 0 Å². The Bertz CT molecular complexity index is 682. The number of amides is 1. The first-order chi connectivity index (χ1) is 11.2. The maximum Gasteiger partial charge on any atom is 0.255 e. The number of pyridine rings is 1. The summed E-state index contributed by atoms with van der Waals surface area (Å²) >= 11 is 0. The Labute approximate surface area is 134 Å². The maximum atomic E-state index is 13.8. The van der Waals surface area contributed by atoms with E-state index in [1.165, 1.54) is 19.4 Å². The Morgan fingerprint density at radius 1 is 1.13 bits per heavy atom. The van der Waals surface area contributed by atoms with Crippen molar-refractivity contribution in [3.63, 3.8) is 0 Å². The van der Waals surface area contributed by atoms with Gasteiger partial charge in [-0.2, -0.15) is 0 Å². The minimum atomic E-state index is -0.230. The van der Waals surface area contributed by atoms with Gasteiger partial charge in [0.15, 0.2) is 0 Å². The van der Waals surface area contributed by atoms with Crippen LogP contribution >= 0.6 is 0 Å². The summed E-state index contributed by atoms with van der Waals surface area (Å²) in [4.78, 5) is 20.2. The van der Waals surface area contributed by atoms with Crippen molar-refractivity contribution in [1.29, 1.82) is 0 Å². The number of carbonyl (C=O) groups excluding carboxylic acids is 1. The Hall–Kier alpha value is -2.63. The van der Waals surface area contributed by atoms with Crippen LogP contribution in [0.1, 0.15) is 10.4 Å². The topological polar surface area (TPSA) is 45.7 Å². The molecule has 1 aromatic heterocycles. The lowest BCUT2D eigenvalue weighted by Crippen LogP contribution is -2.49. The lowest BCUT2D eigenvalue weighted by atomic mass is 10.2. The summed E-state index contributed by atoms with van der Waals surface area (Å²) in [7, 11) is 1.53. The van der Waals surface area contributed by atoms with E-state index in [1.54, 1.807) is 29.2 Å². The standard InChI is InChI=1S/C17H18FN3O2/c1-23-16-7-6-13(12-19-16)17(22)21-10-8-20(9-11-21)15-5-3-2-4-14(15)18/h2-7,12H,8-11H2,1H3. The smallest absolute Gasteiger partial charge is 0.255 e. The predicted molar refractivity (Wildman–Crippen MR) is 85.3 cm³/mol. The zero-order chi connectivity index (χ0) is 16.2. The van der Waals surface area contributed by atoms with Gasteiger partial charge in [-0.05, 0) is 18.2 Å². The van der Waals surface area contributed by atoms with Crippen LogP contribution in [-0.4, -0.2) is 49.1 Å². The quantitative estimate of drug-likeness (QED) is 0.871. The van der Waals surface area contributed by atoms with Crippen LogP contribution in [-0.2, 0) is 0 Å². The van der Waals surface area contributed by atoms with E-state index in [0.717, 1.165) is 0 Å². The van der Waals surface area contributed by atoms with Gasteiger partial charge < -0.3 is 14.5 Å². The van der Waals surface area contributed by atoms with E-state index >= 15 is 0 Å². The third kappa shape index (κ3) is 3.26. The summed E-state index contributed by atoms with van der Waals surface area (Å²) in [6, 6.07) is 10.1. The number of benzene rings is 1. The second kappa shape index (κ2) is 6.64. The summed E-state index contributed by atoms with van der Waals surface area (Å²) in [6.45, 7) is 2.32. The zero-order valence-electron chi connectivity index (χ0n) is 12.9. The van der Waals surface area contributed by atoms with Crippen molar-refractivity contribution in [1.82, 2.24) is 9.88 Å². The minimum Gasteiger partial charge on any atom is -0.481 e. The van der Waals surface area contributed by atoms with Gasteiger partial charge in [-0.15, -0.1) is 0 Å². The molecule has 2 aromatic rings. The summed E-state index contributed by atoms with van der Waals surface area (Å²) < 4.78 is 18.8. The van der Waals surface area contributed by atoms with E-state index in [4.69, 9.17) is 4.74 Å². The summed E-state index contributed by atoms with van der Waals surface area (Å²) in [5.41, 5.74) is 1.12. The molecule has 0 aliphatic carbocycles. The zero-order valence-corrected chi connectivity index (χ0v) is 12.9. The third-order valence-electron chi connectivity index (χ3n) is 3.95. The van der Waals surface area contributed by atoms with Gasteiger partial charge in [0.1, 0.15) is 5.82 Å². The van der Waals surface area contributed by atoms with Crippen molar-refractivity contribution < 1.29 is 13.9 Å². The van der Waals surface area contributed by atoms with Gasteiger partial charge in [-0.25, -0.2) is 9.37 Å². The number of ether oxygens (including phenoxy) is 1. The molecule has 1 fully saturated rings. The van der Waals surface area contributed by atoms with Gasteiger partial charge in [-0.1, -0.05) is 12.1 Å². The molecule has 0 unspecified atom stereocenters. The van der Waals surface area contributed by atoms with Crippen LogP contribution in [0.5, 0.6) is 5.88 Å². The Kier molecular flexibility index (Phi) is 4.41. The van der Waals surface area contributed by atoms with Crippen LogP contribution in [0, 0.1) is 5.82 Å². The van der Waals surface area contributed by atoms with Crippen molar-refractivity contribution >= 4 is 11.6 Å². The Morgan fingerprint density at radius 3 is 2.48 bits per heavy atom. The molecule has 2 heterocycles. The van der Waals surface area contributed by atoms with E-state index in [2.05, 4.69) is 4.98 Å². The largest absolute Gasteiger partial charge is 0.481 e. The molecule has 0 saturated carbocycles. The number of rotatable bonds is 3. The van der Waals surface area contributed by atoms with Crippen molar-refractivity contribution in [2.24, 2.45) is 0 Å². The molecule has 0 N–H and O–H groups in total. The number of hydrogen-bond donors (Lipinski definition) is 0. The first-order valence-electron chi connectivity index (χ1n) is 7.48. The molecule has 23 heavy (non-hydrogen) atoms. The van der Waals surface area contributed by atoms with E-state index < -0.39 is 0 Å². The highest BCUT2D eigenvalue weighted by Crippen LogP contribution is 2.20. The van der Waals surface area contributed by atoms with E-state index in [-0.39, 0.29) is 11.7 Å². The molecule has 0 spiro atoms. The molecule has 1 aliphatic rings. The van der Waals surface area contributed by atoms with Crippen LogP contribution < -0.4 is 9.64 Å². The average molecular weight is 315 g/mol. The van der Waals surface area contributed by atoms with Gasteiger partial charge in [0.25, 0.3) is 5.91 Å². The highest BCUT2D eigenvalue weighted by molar-refractivity contribution is 5.94. The highest BCUT2D eigenvalue weighted by Gasteiger charge is 2.23. The Morgan fingerprint density at radius 2 is 1.87 bits per heavy atom. The lowest BCUT2D eigenvalue weighted by Gasteiger charge is -2.36. The molecule has 1 aromatic carbocycles. The van der Waals surface area contributed by atoms with E-state index in [1.807, 2.05) is 11.0 Å². The molecule has 120 valence electrons. The fourth-order valence-electron chi connectivity index (χ4n) is 2.67. The van der Waals surface area contributed by atoms with Gasteiger partial charge in [0, 0.05) is 38.4 Å². The number of piperazine rings is 1. The highest BCUT2D eigenvalue weighted by atomic mass is 19.1. The van der Waals surface area contributed by atoms with Crippen LogP contribution in [0.3, 0.4) is 0 Å². The minimum absolute atomic E-state index is 0.0617. The van der Waals surface area contributed by atoms with E-state index in [9.17, 15) is 9.18 Å². The second-order valence-corrected chi connectivity index (χ2v) is 5.32. The molecular formula is C17H18FN3O2. The number of halogens is 1. The fraction of sp³-hybridized carbons (Fsp3) is 0.294. The molecule has 0 bridgehead atoms. The Balaban J connectivity index is 1.64. The number of para-hydroxylation sites is 1. The molecule has 1 saturated heterocycles. The second-order valence-electron chi connectivity index (χ2n) is 5.32. The number of aromatic nitrogens is 1. The molecular weight excluding hydrogens is 297 g/mol. The maximum absolute atomic E-state index is 13.8. The van der Waals surface area contributed by atoms with Crippen molar-refractivity contribution in [2.45, 2.75) is 0 Å². The third-order valence-corrected chi connectivity index (χ3v) is 3.95. The monoisotopic (exact) mass is 315 g/mol. The van der Waals surface area contributed by atoms with Gasteiger partial charge in [0.2, 0.25) is 5.88 Å². The van der Waals surface area contributed by atoms with Crippen molar-refractivity contribution in [2.75, 3.05) is 38.2 Å². The molecule has 1 amide bonds. The number of nitrogens with zero attached hydrogens (tertiary/aromatic N) is 3. The summed E-state index contributed by atoms with van der Waals surface area (Å²) in [5.74, 6) is 0.186. The normalized spacial score (nSPS) is 14.7. The molecule has 6 heteroatoms. The first kappa shape index (κ1) is 15.3. The van der Waals surface area contributed by atoms with E-state index in [0.29, 0.717) is 43.3 Å². The van der Waals surface area contributed by atoms with Gasteiger partial charge in [-0.3, -0.25) is 4.79 Å². The number of methoxy groups -OCH3 is 1. The van der Waals surface area contributed by atoms with Crippen LogP contribution in [0.25, 0.3) is 0 Å². The SMILES string of the molecule is COc1ccc(C(=O)N2CCN(c3ccccc3F)CC2)cn1. The van der Waals surface area contributed by atoms with Crippen molar-refractivity contribution in [3.05, 3.63) is 54.0 Å².